The number of anilines is 2. The summed E-state index contributed by atoms with van der Waals surface area (Å²) in [5, 5.41) is 2.83. The second-order valence-corrected chi connectivity index (χ2v) is 8.87. The first kappa shape index (κ1) is 24.8. The number of carbonyl (C=O) groups is 2. The van der Waals surface area contributed by atoms with Gasteiger partial charge in [0.25, 0.3) is 5.56 Å². The maximum atomic E-state index is 13.5. The van der Waals surface area contributed by atoms with Crippen LogP contribution in [0.4, 0.5) is 15.9 Å². The fourth-order valence-electron chi connectivity index (χ4n) is 3.91. The minimum atomic E-state index is -0.573. The number of hydrogen-bond donors (Lipinski definition) is 1. The summed E-state index contributed by atoms with van der Waals surface area (Å²) in [7, 11) is 0. The first-order valence-electron chi connectivity index (χ1n) is 11.6. The van der Waals surface area contributed by atoms with Crippen molar-refractivity contribution in [2.45, 2.75) is 39.8 Å². The topological polar surface area (TPSA) is 84.3 Å². The van der Waals surface area contributed by atoms with Crippen LogP contribution in [0.25, 0.3) is 11.0 Å². The highest BCUT2D eigenvalue weighted by Gasteiger charge is 2.22. The zero-order valence-corrected chi connectivity index (χ0v) is 20.4. The fourth-order valence-corrected chi connectivity index (χ4v) is 3.91. The van der Waals surface area contributed by atoms with Crippen LogP contribution in [0.2, 0.25) is 0 Å². The van der Waals surface area contributed by atoms with E-state index in [-0.39, 0.29) is 24.8 Å². The number of benzene rings is 3. The second kappa shape index (κ2) is 10.5. The zero-order chi connectivity index (χ0) is 25.8. The van der Waals surface area contributed by atoms with Gasteiger partial charge in [-0.1, -0.05) is 50.2 Å². The summed E-state index contributed by atoms with van der Waals surface area (Å²) >= 11 is 0. The SMILES string of the molecule is CC(=O)N(Cc1ccc(F)cc1)c1nc2ccccc2n(CC(=O)Nc2ccc(C(C)C)cc2)c1=O. The zero-order valence-electron chi connectivity index (χ0n) is 20.4. The van der Waals surface area contributed by atoms with Crippen molar-refractivity contribution in [1.29, 1.82) is 0 Å². The number of aromatic nitrogens is 2. The smallest absolute Gasteiger partial charge is 0.294 e. The molecule has 7 nitrogen and oxygen atoms in total. The number of nitrogens with one attached hydrogen (secondary N) is 1. The summed E-state index contributed by atoms with van der Waals surface area (Å²) in [5.74, 6) is -0.914. The third-order valence-corrected chi connectivity index (χ3v) is 5.89. The third kappa shape index (κ3) is 5.49. The van der Waals surface area contributed by atoms with Crippen molar-refractivity contribution in [3.05, 3.63) is 100 Å². The van der Waals surface area contributed by atoms with E-state index in [1.54, 1.807) is 36.4 Å². The molecule has 184 valence electrons. The van der Waals surface area contributed by atoms with Crippen LogP contribution in [0.5, 0.6) is 0 Å². The van der Waals surface area contributed by atoms with Crippen LogP contribution < -0.4 is 15.8 Å². The Morgan fingerprint density at radius 2 is 1.67 bits per heavy atom. The molecule has 36 heavy (non-hydrogen) atoms. The number of halogens is 1. The maximum Gasteiger partial charge on any atom is 0.294 e. The molecule has 0 unspecified atom stereocenters. The third-order valence-electron chi connectivity index (χ3n) is 5.89. The highest BCUT2D eigenvalue weighted by Crippen LogP contribution is 2.19. The Labute approximate surface area is 208 Å². The number of fused-ring (bicyclic) bond motifs is 1. The Bertz CT molecular complexity index is 1460. The molecule has 8 heteroatoms. The van der Waals surface area contributed by atoms with E-state index in [0.29, 0.717) is 28.2 Å². The molecule has 0 bridgehead atoms. The van der Waals surface area contributed by atoms with Gasteiger partial charge in [0.2, 0.25) is 17.6 Å². The molecule has 0 fully saturated rings. The van der Waals surface area contributed by atoms with Crippen molar-refractivity contribution in [2.75, 3.05) is 10.2 Å². The molecule has 0 saturated carbocycles. The van der Waals surface area contributed by atoms with Gasteiger partial charge in [0.05, 0.1) is 17.6 Å². The minimum Gasteiger partial charge on any atom is -0.325 e. The van der Waals surface area contributed by atoms with Gasteiger partial charge in [-0.25, -0.2) is 9.37 Å². The summed E-state index contributed by atoms with van der Waals surface area (Å²) in [6.45, 7) is 5.28. The summed E-state index contributed by atoms with van der Waals surface area (Å²) in [6.07, 6.45) is 0. The van der Waals surface area contributed by atoms with Crippen LogP contribution in [0.1, 0.15) is 37.8 Å². The lowest BCUT2D eigenvalue weighted by Gasteiger charge is -2.21. The molecular weight excluding hydrogens is 459 g/mol. The molecule has 0 saturated heterocycles. The molecule has 3 aromatic carbocycles. The minimum absolute atomic E-state index is 0.0323. The van der Waals surface area contributed by atoms with Gasteiger partial charge in [0.15, 0.2) is 0 Å². The standard InChI is InChI=1S/C28H27FN4O3/c1-18(2)21-10-14-23(15-11-21)30-26(35)17-33-25-7-5-4-6-24(25)31-27(28(33)36)32(19(3)34)16-20-8-12-22(29)13-9-20/h4-15,18H,16-17H2,1-3H3,(H,30,35). The van der Waals surface area contributed by atoms with Crippen LogP contribution in [-0.4, -0.2) is 21.4 Å². The maximum absolute atomic E-state index is 13.5. The van der Waals surface area contributed by atoms with Gasteiger partial charge in [-0.3, -0.25) is 23.9 Å². The van der Waals surface area contributed by atoms with E-state index in [1.165, 1.54) is 28.5 Å². The lowest BCUT2D eigenvalue weighted by Crippen LogP contribution is -2.38. The molecule has 0 aliphatic carbocycles. The number of nitrogens with zero attached hydrogens (tertiary/aromatic N) is 3. The van der Waals surface area contributed by atoms with Gasteiger partial charge in [-0.05, 0) is 53.4 Å². The average Bonchev–Trinajstić information content (AvgIpc) is 2.85. The van der Waals surface area contributed by atoms with E-state index < -0.39 is 17.3 Å². The Hall–Kier alpha value is -4.33. The predicted octanol–water partition coefficient (Wildman–Crippen LogP) is 4.85. The molecule has 0 spiro atoms. The molecule has 0 aliphatic heterocycles. The monoisotopic (exact) mass is 486 g/mol. The fraction of sp³-hybridized carbons (Fsp3) is 0.214. The van der Waals surface area contributed by atoms with E-state index in [1.807, 2.05) is 24.3 Å². The van der Waals surface area contributed by atoms with Gasteiger partial charge in [-0.15, -0.1) is 0 Å². The molecule has 4 rings (SSSR count). The highest BCUT2D eigenvalue weighted by atomic mass is 19.1. The number of carbonyl (C=O) groups excluding carboxylic acids is 2. The molecule has 0 atom stereocenters. The first-order valence-corrected chi connectivity index (χ1v) is 11.6. The van der Waals surface area contributed by atoms with E-state index >= 15 is 0 Å². The summed E-state index contributed by atoms with van der Waals surface area (Å²) in [5.41, 5.74) is 2.77. The van der Waals surface area contributed by atoms with Gasteiger partial charge >= 0.3 is 0 Å². The molecule has 2 amide bonds. The Balaban J connectivity index is 1.69. The molecule has 1 aromatic heterocycles. The number of hydrogen-bond acceptors (Lipinski definition) is 4. The van der Waals surface area contributed by atoms with Crippen LogP contribution >= 0.6 is 0 Å². The highest BCUT2D eigenvalue weighted by molar-refractivity contribution is 5.93. The number of amides is 2. The normalized spacial score (nSPS) is 11.0. The van der Waals surface area contributed by atoms with Gasteiger partial charge in [0, 0.05) is 12.6 Å². The summed E-state index contributed by atoms with van der Waals surface area (Å²) in [4.78, 5) is 44.7. The Morgan fingerprint density at radius 1 is 1.00 bits per heavy atom. The van der Waals surface area contributed by atoms with Crippen LogP contribution in [0, 0.1) is 5.82 Å². The van der Waals surface area contributed by atoms with E-state index in [9.17, 15) is 18.8 Å². The molecule has 0 aliphatic rings. The predicted molar refractivity (Wildman–Crippen MR) is 138 cm³/mol. The Morgan fingerprint density at radius 3 is 2.31 bits per heavy atom. The molecule has 1 N–H and O–H groups in total. The molecule has 0 radical (unpaired) electrons. The lowest BCUT2D eigenvalue weighted by molar-refractivity contribution is -0.117. The van der Waals surface area contributed by atoms with E-state index in [2.05, 4.69) is 24.1 Å². The van der Waals surface area contributed by atoms with Gasteiger partial charge < -0.3 is 5.32 Å². The molecule has 4 aromatic rings. The lowest BCUT2D eigenvalue weighted by atomic mass is 10.0. The van der Waals surface area contributed by atoms with Crippen molar-refractivity contribution in [1.82, 2.24) is 9.55 Å². The second-order valence-electron chi connectivity index (χ2n) is 8.87. The first-order chi connectivity index (χ1) is 17.2. The van der Waals surface area contributed by atoms with Crippen molar-refractivity contribution in [3.8, 4) is 0 Å². The van der Waals surface area contributed by atoms with Crippen molar-refractivity contribution < 1.29 is 14.0 Å². The van der Waals surface area contributed by atoms with E-state index in [4.69, 9.17) is 0 Å². The van der Waals surface area contributed by atoms with Crippen molar-refractivity contribution >= 4 is 34.4 Å². The Kier molecular flexibility index (Phi) is 7.24. The molecule has 1 heterocycles. The summed E-state index contributed by atoms with van der Waals surface area (Å²) in [6, 6.07) is 20.2. The number of para-hydroxylation sites is 2. The van der Waals surface area contributed by atoms with Crippen molar-refractivity contribution in [3.63, 3.8) is 0 Å². The average molecular weight is 487 g/mol. The van der Waals surface area contributed by atoms with Crippen LogP contribution in [0.3, 0.4) is 0 Å². The van der Waals surface area contributed by atoms with Crippen LogP contribution in [0.15, 0.2) is 77.6 Å². The van der Waals surface area contributed by atoms with Crippen LogP contribution in [-0.2, 0) is 22.7 Å². The van der Waals surface area contributed by atoms with Crippen molar-refractivity contribution in [2.24, 2.45) is 0 Å². The largest absolute Gasteiger partial charge is 0.325 e. The van der Waals surface area contributed by atoms with Gasteiger partial charge in [0.1, 0.15) is 12.4 Å². The van der Waals surface area contributed by atoms with Gasteiger partial charge in [-0.2, -0.15) is 0 Å². The number of rotatable bonds is 7. The molecular formula is C28H27FN4O3. The quantitative estimate of drug-likeness (QED) is 0.405. The summed E-state index contributed by atoms with van der Waals surface area (Å²) < 4.78 is 14.7. The van der Waals surface area contributed by atoms with E-state index in [0.717, 1.165) is 5.56 Å².